The fraction of sp³-hybridized carbons (Fsp3) is 0.500. The van der Waals surface area contributed by atoms with Crippen molar-refractivity contribution in [1.29, 1.82) is 0 Å². The van der Waals surface area contributed by atoms with Gasteiger partial charge in [0, 0.05) is 19.0 Å². The summed E-state index contributed by atoms with van der Waals surface area (Å²) in [5.41, 5.74) is 1.60. The molecule has 0 bridgehead atoms. The standard InChI is InChI=1S/C12H16BrN3O/c1-8-10(4-5-11(13)15-8)16-12(17)6-7-14-9-2-3-9/h4-5,9,14H,2-3,6-7H2,1H3,(H,16,17). The minimum Gasteiger partial charge on any atom is -0.324 e. The summed E-state index contributed by atoms with van der Waals surface area (Å²) in [6.07, 6.45) is 3.00. The molecule has 5 heteroatoms. The molecule has 2 rings (SSSR count). The van der Waals surface area contributed by atoms with Crippen LogP contribution < -0.4 is 10.6 Å². The first kappa shape index (κ1) is 12.5. The van der Waals surface area contributed by atoms with E-state index in [9.17, 15) is 4.79 Å². The predicted octanol–water partition coefficient (Wildman–Crippen LogP) is 2.23. The number of nitrogens with zero attached hydrogens (tertiary/aromatic N) is 1. The molecular formula is C12H16BrN3O. The van der Waals surface area contributed by atoms with Gasteiger partial charge in [-0.25, -0.2) is 4.98 Å². The maximum Gasteiger partial charge on any atom is 0.225 e. The summed E-state index contributed by atoms with van der Waals surface area (Å²) in [5.74, 6) is 0.0328. The molecule has 1 fully saturated rings. The Morgan fingerprint density at radius 3 is 2.94 bits per heavy atom. The van der Waals surface area contributed by atoms with Crippen LogP contribution in [0.4, 0.5) is 5.69 Å². The highest BCUT2D eigenvalue weighted by molar-refractivity contribution is 9.10. The van der Waals surface area contributed by atoms with Gasteiger partial charge in [-0.05, 0) is 47.8 Å². The van der Waals surface area contributed by atoms with Crippen LogP contribution in [-0.4, -0.2) is 23.5 Å². The van der Waals surface area contributed by atoms with Crippen molar-refractivity contribution >= 4 is 27.5 Å². The Bertz CT molecular complexity index is 418. The molecule has 92 valence electrons. The van der Waals surface area contributed by atoms with E-state index in [1.54, 1.807) is 0 Å². The van der Waals surface area contributed by atoms with Crippen molar-refractivity contribution in [2.45, 2.75) is 32.2 Å². The van der Waals surface area contributed by atoms with E-state index in [0.29, 0.717) is 12.5 Å². The van der Waals surface area contributed by atoms with Crippen molar-refractivity contribution in [3.63, 3.8) is 0 Å². The maximum absolute atomic E-state index is 11.7. The van der Waals surface area contributed by atoms with Gasteiger partial charge in [-0.2, -0.15) is 0 Å². The number of carbonyl (C=O) groups is 1. The number of pyridine rings is 1. The molecule has 0 unspecified atom stereocenters. The Kier molecular flexibility index (Phi) is 4.12. The van der Waals surface area contributed by atoms with E-state index in [2.05, 4.69) is 31.5 Å². The number of aromatic nitrogens is 1. The minimum absolute atomic E-state index is 0.0328. The van der Waals surface area contributed by atoms with E-state index in [0.717, 1.165) is 22.5 Å². The average molecular weight is 298 g/mol. The zero-order valence-electron chi connectivity index (χ0n) is 9.79. The first-order valence-electron chi connectivity index (χ1n) is 5.81. The number of hydrogen-bond acceptors (Lipinski definition) is 3. The number of carbonyl (C=O) groups excluding carboxylic acids is 1. The smallest absolute Gasteiger partial charge is 0.225 e. The first-order chi connectivity index (χ1) is 8.15. The Balaban J connectivity index is 1.79. The van der Waals surface area contributed by atoms with Crippen LogP contribution in [0.15, 0.2) is 16.7 Å². The van der Waals surface area contributed by atoms with Crippen LogP contribution in [0.1, 0.15) is 25.0 Å². The van der Waals surface area contributed by atoms with E-state index < -0.39 is 0 Å². The third-order valence-electron chi connectivity index (χ3n) is 2.69. The largest absolute Gasteiger partial charge is 0.324 e. The van der Waals surface area contributed by atoms with Crippen molar-refractivity contribution in [2.75, 3.05) is 11.9 Å². The summed E-state index contributed by atoms with van der Waals surface area (Å²) < 4.78 is 0.781. The molecule has 17 heavy (non-hydrogen) atoms. The number of hydrogen-bond donors (Lipinski definition) is 2. The summed E-state index contributed by atoms with van der Waals surface area (Å²) in [6, 6.07) is 4.34. The van der Waals surface area contributed by atoms with Gasteiger partial charge < -0.3 is 10.6 Å². The molecule has 1 saturated carbocycles. The Morgan fingerprint density at radius 1 is 1.53 bits per heavy atom. The Morgan fingerprint density at radius 2 is 2.29 bits per heavy atom. The molecule has 2 N–H and O–H groups in total. The molecule has 1 aromatic heterocycles. The lowest BCUT2D eigenvalue weighted by Crippen LogP contribution is -2.23. The lowest BCUT2D eigenvalue weighted by atomic mass is 10.3. The summed E-state index contributed by atoms with van der Waals surface area (Å²) in [6.45, 7) is 2.63. The molecule has 0 atom stereocenters. The van der Waals surface area contributed by atoms with Crippen LogP contribution in [0.5, 0.6) is 0 Å². The van der Waals surface area contributed by atoms with Crippen molar-refractivity contribution in [3.05, 3.63) is 22.4 Å². The zero-order valence-corrected chi connectivity index (χ0v) is 11.4. The van der Waals surface area contributed by atoms with Crippen LogP contribution in [0.2, 0.25) is 0 Å². The molecule has 1 heterocycles. The van der Waals surface area contributed by atoms with Crippen LogP contribution in [-0.2, 0) is 4.79 Å². The first-order valence-corrected chi connectivity index (χ1v) is 6.61. The summed E-state index contributed by atoms with van der Waals surface area (Å²) in [7, 11) is 0. The molecule has 1 aromatic rings. The fourth-order valence-electron chi connectivity index (χ4n) is 1.55. The van der Waals surface area contributed by atoms with Crippen molar-refractivity contribution in [1.82, 2.24) is 10.3 Å². The van der Waals surface area contributed by atoms with E-state index in [-0.39, 0.29) is 5.91 Å². The van der Waals surface area contributed by atoms with Crippen LogP contribution in [0.3, 0.4) is 0 Å². The topological polar surface area (TPSA) is 54.0 Å². The van der Waals surface area contributed by atoms with E-state index in [4.69, 9.17) is 0 Å². The second-order valence-corrected chi connectivity index (χ2v) is 5.11. The summed E-state index contributed by atoms with van der Waals surface area (Å²) in [5, 5.41) is 6.18. The molecular weight excluding hydrogens is 282 g/mol. The number of anilines is 1. The molecule has 0 aliphatic heterocycles. The van der Waals surface area contributed by atoms with Gasteiger partial charge >= 0.3 is 0 Å². The number of halogens is 1. The third-order valence-corrected chi connectivity index (χ3v) is 3.13. The van der Waals surface area contributed by atoms with Gasteiger partial charge in [-0.3, -0.25) is 4.79 Å². The molecule has 1 aliphatic rings. The summed E-state index contributed by atoms with van der Waals surface area (Å²) >= 11 is 3.29. The van der Waals surface area contributed by atoms with Crippen LogP contribution in [0, 0.1) is 6.92 Å². The van der Waals surface area contributed by atoms with Crippen molar-refractivity contribution in [2.24, 2.45) is 0 Å². The van der Waals surface area contributed by atoms with Crippen molar-refractivity contribution < 1.29 is 4.79 Å². The summed E-state index contributed by atoms with van der Waals surface area (Å²) in [4.78, 5) is 15.9. The van der Waals surface area contributed by atoms with Gasteiger partial charge in [-0.1, -0.05) is 0 Å². The van der Waals surface area contributed by atoms with Gasteiger partial charge in [0.2, 0.25) is 5.91 Å². The highest BCUT2D eigenvalue weighted by atomic mass is 79.9. The molecule has 0 radical (unpaired) electrons. The van der Waals surface area contributed by atoms with E-state index in [1.807, 2.05) is 19.1 Å². The van der Waals surface area contributed by atoms with Gasteiger partial charge in [0.25, 0.3) is 0 Å². The average Bonchev–Trinajstić information content (AvgIpc) is 3.06. The minimum atomic E-state index is 0.0328. The molecule has 1 amide bonds. The molecule has 0 aromatic carbocycles. The second-order valence-electron chi connectivity index (χ2n) is 4.29. The number of amides is 1. The van der Waals surface area contributed by atoms with Gasteiger partial charge in [0.05, 0.1) is 11.4 Å². The SMILES string of the molecule is Cc1nc(Br)ccc1NC(=O)CCNC1CC1. The van der Waals surface area contributed by atoms with Crippen molar-refractivity contribution in [3.8, 4) is 0 Å². The molecule has 1 aliphatic carbocycles. The monoisotopic (exact) mass is 297 g/mol. The number of aryl methyl sites for hydroxylation is 1. The lowest BCUT2D eigenvalue weighted by Gasteiger charge is -2.08. The van der Waals surface area contributed by atoms with Gasteiger partial charge in [0.1, 0.15) is 4.60 Å². The Labute approximate surface area is 109 Å². The highest BCUT2D eigenvalue weighted by Gasteiger charge is 2.20. The maximum atomic E-state index is 11.7. The van der Waals surface area contributed by atoms with E-state index >= 15 is 0 Å². The van der Waals surface area contributed by atoms with Crippen LogP contribution in [0.25, 0.3) is 0 Å². The van der Waals surface area contributed by atoms with Gasteiger partial charge in [-0.15, -0.1) is 0 Å². The molecule has 0 spiro atoms. The van der Waals surface area contributed by atoms with E-state index in [1.165, 1.54) is 12.8 Å². The zero-order chi connectivity index (χ0) is 12.3. The number of rotatable bonds is 5. The lowest BCUT2D eigenvalue weighted by molar-refractivity contribution is -0.116. The third kappa shape index (κ3) is 4.09. The van der Waals surface area contributed by atoms with Gasteiger partial charge in [0.15, 0.2) is 0 Å². The fourth-order valence-corrected chi connectivity index (χ4v) is 1.95. The predicted molar refractivity (Wildman–Crippen MR) is 70.9 cm³/mol. The molecule has 4 nitrogen and oxygen atoms in total. The second kappa shape index (κ2) is 5.60. The highest BCUT2D eigenvalue weighted by Crippen LogP contribution is 2.18. The quantitative estimate of drug-likeness (QED) is 0.820. The number of nitrogens with one attached hydrogen (secondary N) is 2. The van der Waals surface area contributed by atoms with Crippen LogP contribution >= 0.6 is 15.9 Å². The molecule has 0 saturated heterocycles. The Hall–Kier alpha value is -0.940. The normalized spacial score (nSPS) is 14.7.